The zero-order valence-corrected chi connectivity index (χ0v) is 14.5. The van der Waals surface area contributed by atoms with Crippen molar-refractivity contribution < 1.29 is 23.1 Å². The first-order valence-corrected chi connectivity index (χ1v) is 8.49. The van der Waals surface area contributed by atoms with E-state index in [4.69, 9.17) is 4.74 Å². The fourth-order valence-corrected chi connectivity index (χ4v) is 2.78. The fraction of sp³-hybridized carbons (Fsp3) is 0.222. The van der Waals surface area contributed by atoms with E-state index >= 15 is 0 Å². The van der Waals surface area contributed by atoms with E-state index in [0.717, 1.165) is 22.6 Å². The first kappa shape index (κ1) is 18.9. The number of hydrogen-bond acceptors (Lipinski definition) is 4. The van der Waals surface area contributed by atoms with Gasteiger partial charge in [0.2, 0.25) is 0 Å². The SMILES string of the molecule is Cc1ccccc1SCC(=O)O[C@@H](C)C(=O)Nc1ccc(F)cc1F. The van der Waals surface area contributed by atoms with Crippen molar-refractivity contribution in [2.75, 3.05) is 11.1 Å². The maximum atomic E-state index is 13.5. The number of ether oxygens (including phenoxy) is 1. The van der Waals surface area contributed by atoms with Gasteiger partial charge < -0.3 is 10.1 Å². The molecule has 0 spiro atoms. The van der Waals surface area contributed by atoms with Gasteiger partial charge in [0.05, 0.1) is 11.4 Å². The van der Waals surface area contributed by atoms with Crippen molar-refractivity contribution in [3.8, 4) is 0 Å². The Labute approximate surface area is 148 Å². The van der Waals surface area contributed by atoms with E-state index in [0.29, 0.717) is 6.07 Å². The molecule has 0 bridgehead atoms. The molecule has 0 unspecified atom stereocenters. The highest BCUT2D eigenvalue weighted by Crippen LogP contribution is 2.22. The molecule has 7 heteroatoms. The molecule has 2 rings (SSSR count). The molecule has 132 valence electrons. The van der Waals surface area contributed by atoms with Crippen molar-refractivity contribution in [3.05, 3.63) is 59.7 Å². The Bertz CT molecular complexity index is 783. The molecule has 0 fully saturated rings. The zero-order valence-electron chi connectivity index (χ0n) is 13.7. The monoisotopic (exact) mass is 365 g/mol. The van der Waals surface area contributed by atoms with Crippen LogP contribution in [0.5, 0.6) is 0 Å². The van der Waals surface area contributed by atoms with Gasteiger partial charge in [-0.3, -0.25) is 9.59 Å². The van der Waals surface area contributed by atoms with E-state index in [1.165, 1.54) is 18.7 Å². The largest absolute Gasteiger partial charge is 0.452 e. The summed E-state index contributed by atoms with van der Waals surface area (Å²) in [5.74, 6) is -2.85. The summed E-state index contributed by atoms with van der Waals surface area (Å²) in [7, 11) is 0. The second-order valence-electron chi connectivity index (χ2n) is 5.30. The van der Waals surface area contributed by atoms with E-state index < -0.39 is 29.6 Å². The van der Waals surface area contributed by atoms with Crippen LogP contribution in [0.2, 0.25) is 0 Å². The number of thioether (sulfide) groups is 1. The zero-order chi connectivity index (χ0) is 18.4. The van der Waals surface area contributed by atoms with Gasteiger partial charge in [0, 0.05) is 11.0 Å². The molecule has 1 atom stereocenters. The topological polar surface area (TPSA) is 55.4 Å². The van der Waals surface area contributed by atoms with Gasteiger partial charge in [-0.2, -0.15) is 0 Å². The van der Waals surface area contributed by atoms with Crippen molar-refractivity contribution in [1.29, 1.82) is 0 Å². The third-order valence-electron chi connectivity index (χ3n) is 3.31. The Morgan fingerprint density at radius 2 is 1.92 bits per heavy atom. The van der Waals surface area contributed by atoms with Gasteiger partial charge in [-0.1, -0.05) is 18.2 Å². The minimum atomic E-state index is -1.10. The minimum Gasteiger partial charge on any atom is -0.452 e. The second kappa shape index (κ2) is 8.62. The van der Waals surface area contributed by atoms with Gasteiger partial charge in [0.1, 0.15) is 11.6 Å². The minimum absolute atomic E-state index is 0.0490. The number of halogens is 2. The lowest BCUT2D eigenvalue weighted by atomic mass is 10.2. The smallest absolute Gasteiger partial charge is 0.317 e. The molecule has 25 heavy (non-hydrogen) atoms. The second-order valence-corrected chi connectivity index (χ2v) is 6.32. The maximum Gasteiger partial charge on any atom is 0.317 e. The summed E-state index contributed by atoms with van der Waals surface area (Å²) in [5, 5.41) is 2.26. The number of carbonyl (C=O) groups is 2. The maximum absolute atomic E-state index is 13.5. The van der Waals surface area contributed by atoms with Gasteiger partial charge in [-0.05, 0) is 37.6 Å². The highest BCUT2D eigenvalue weighted by Gasteiger charge is 2.19. The predicted molar refractivity (Wildman–Crippen MR) is 92.4 cm³/mol. The molecule has 1 amide bonds. The third kappa shape index (κ3) is 5.56. The first-order valence-electron chi connectivity index (χ1n) is 7.50. The van der Waals surface area contributed by atoms with Crippen LogP contribution >= 0.6 is 11.8 Å². The Morgan fingerprint density at radius 1 is 1.20 bits per heavy atom. The highest BCUT2D eigenvalue weighted by atomic mass is 32.2. The first-order chi connectivity index (χ1) is 11.9. The van der Waals surface area contributed by atoms with Crippen molar-refractivity contribution in [1.82, 2.24) is 0 Å². The van der Waals surface area contributed by atoms with E-state index in [2.05, 4.69) is 5.32 Å². The van der Waals surface area contributed by atoms with Crippen molar-refractivity contribution in [2.45, 2.75) is 24.8 Å². The van der Waals surface area contributed by atoms with Crippen molar-refractivity contribution >= 4 is 29.3 Å². The van der Waals surface area contributed by atoms with Crippen LogP contribution in [0.15, 0.2) is 47.4 Å². The number of benzene rings is 2. The normalized spacial score (nSPS) is 11.7. The molecule has 1 N–H and O–H groups in total. The summed E-state index contributed by atoms with van der Waals surface area (Å²) in [6.07, 6.45) is -1.10. The average Bonchev–Trinajstić information content (AvgIpc) is 2.56. The molecule has 0 aliphatic carbocycles. The quantitative estimate of drug-likeness (QED) is 0.622. The molecule has 2 aromatic carbocycles. The van der Waals surface area contributed by atoms with Crippen molar-refractivity contribution in [2.24, 2.45) is 0 Å². The summed E-state index contributed by atoms with van der Waals surface area (Å²) in [4.78, 5) is 24.8. The Hall–Kier alpha value is -2.41. The summed E-state index contributed by atoms with van der Waals surface area (Å²) in [6.45, 7) is 3.31. The lowest BCUT2D eigenvalue weighted by Gasteiger charge is -2.14. The van der Waals surface area contributed by atoms with E-state index in [-0.39, 0.29) is 11.4 Å². The van der Waals surface area contributed by atoms with Gasteiger partial charge in [-0.15, -0.1) is 11.8 Å². The van der Waals surface area contributed by atoms with Gasteiger partial charge in [0.15, 0.2) is 6.10 Å². The van der Waals surface area contributed by atoms with Gasteiger partial charge in [-0.25, -0.2) is 8.78 Å². The Kier molecular flexibility index (Phi) is 6.52. The lowest BCUT2D eigenvalue weighted by molar-refractivity contribution is -0.150. The molecule has 2 aromatic rings. The lowest BCUT2D eigenvalue weighted by Crippen LogP contribution is -2.30. The summed E-state index contributed by atoms with van der Waals surface area (Å²) < 4.78 is 31.4. The number of nitrogens with one attached hydrogen (secondary N) is 1. The molecule has 0 aliphatic rings. The van der Waals surface area contributed by atoms with Crippen LogP contribution in [0.25, 0.3) is 0 Å². The molecule has 0 radical (unpaired) electrons. The average molecular weight is 365 g/mol. The molecule has 4 nitrogen and oxygen atoms in total. The number of rotatable bonds is 6. The van der Waals surface area contributed by atoms with Crippen molar-refractivity contribution in [3.63, 3.8) is 0 Å². The number of amides is 1. The third-order valence-corrected chi connectivity index (χ3v) is 4.45. The van der Waals surface area contributed by atoms with Gasteiger partial charge >= 0.3 is 5.97 Å². The Balaban J connectivity index is 1.85. The van der Waals surface area contributed by atoms with E-state index in [9.17, 15) is 18.4 Å². The number of aryl methyl sites for hydroxylation is 1. The number of esters is 1. The molecule has 0 aliphatic heterocycles. The fourth-order valence-electron chi connectivity index (χ4n) is 1.96. The molecule has 0 saturated heterocycles. The number of carbonyl (C=O) groups excluding carboxylic acids is 2. The molecular weight excluding hydrogens is 348 g/mol. The highest BCUT2D eigenvalue weighted by molar-refractivity contribution is 8.00. The number of hydrogen-bond donors (Lipinski definition) is 1. The summed E-state index contributed by atoms with van der Waals surface area (Å²) in [5.41, 5.74) is 0.862. The summed E-state index contributed by atoms with van der Waals surface area (Å²) in [6, 6.07) is 10.4. The molecule has 0 aromatic heterocycles. The van der Waals surface area contributed by atoms with Crippen LogP contribution in [-0.2, 0) is 14.3 Å². The van der Waals surface area contributed by atoms with Crippen LogP contribution in [-0.4, -0.2) is 23.7 Å². The van der Waals surface area contributed by atoms with E-state index in [1.54, 1.807) is 0 Å². The molecule has 0 saturated carbocycles. The molecule has 0 heterocycles. The van der Waals surface area contributed by atoms with Crippen LogP contribution in [0.4, 0.5) is 14.5 Å². The molecular formula is C18H17F2NO3S. The van der Waals surface area contributed by atoms with Crippen LogP contribution < -0.4 is 5.32 Å². The van der Waals surface area contributed by atoms with E-state index in [1.807, 2.05) is 31.2 Å². The standard InChI is InChI=1S/C18H17F2NO3S/c1-11-5-3-4-6-16(11)25-10-17(22)24-12(2)18(23)21-15-8-7-13(19)9-14(15)20/h3-9,12H,10H2,1-2H3,(H,21,23)/t12-/m0/s1. The van der Waals surface area contributed by atoms with Crippen LogP contribution in [0.3, 0.4) is 0 Å². The van der Waals surface area contributed by atoms with Crippen LogP contribution in [0.1, 0.15) is 12.5 Å². The number of anilines is 1. The predicted octanol–water partition coefficient (Wildman–Crippen LogP) is 3.94. The summed E-state index contributed by atoms with van der Waals surface area (Å²) >= 11 is 1.31. The van der Waals surface area contributed by atoms with Crippen LogP contribution in [0, 0.1) is 18.6 Å². The van der Waals surface area contributed by atoms with Gasteiger partial charge in [0.25, 0.3) is 5.91 Å². The Morgan fingerprint density at radius 3 is 2.60 bits per heavy atom.